The molecule has 2 aromatic rings. The van der Waals surface area contributed by atoms with E-state index in [0.29, 0.717) is 10.3 Å². The van der Waals surface area contributed by atoms with Crippen LogP contribution in [-0.2, 0) is 6.54 Å². The van der Waals surface area contributed by atoms with Crippen LogP contribution >= 0.6 is 23.2 Å². The van der Waals surface area contributed by atoms with Crippen molar-refractivity contribution in [2.75, 3.05) is 50.7 Å². The molecular weight excluding hydrogens is 393 g/mol. The number of nitrogens with zero attached hydrogens (tertiary/aromatic N) is 5. The fourth-order valence-corrected chi connectivity index (χ4v) is 4.88. The molecule has 0 bridgehead atoms. The number of likely N-dealkylation sites (tertiary alicyclic amines) is 1. The first kappa shape index (κ1) is 19.9. The molecule has 2 fully saturated rings. The molecule has 150 valence electrons. The number of piperazine rings is 1. The Kier molecular flexibility index (Phi) is 6.68. The smallest absolute Gasteiger partial charge is 0.131 e. The number of halogens is 2. The fraction of sp³-hybridized carbons (Fsp3) is 0.524. The molecule has 4 rings (SSSR count). The van der Waals surface area contributed by atoms with Crippen molar-refractivity contribution in [1.82, 2.24) is 19.8 Å². The Morgan fingerprint density at radius 2 is 1.75 bits per heavy atom. The Morgan fingerprint density at radius 1 is 0.964 bits per heavy atom. The van der Waals surface area contributed by atoms with Crippen LogP contribution in [0.25, 0.3) is 0 Å². The number of hydrogen-bond donors (Lipinski definition) is 0. The molecule has 0 saturated carbocycles. The molecule has 0 aromatic carbocycles. The summed E-state index contributed by atoms with van der Waals surface area (Å²) in [6, 6.07) is 9.99. The van der Waals surface area contributed by atoms with Gasteiger partial charge in [-0.05, 0) is 55.1 Å². The highest BCUT2D eigenvalue weighted by atomic mass is 35.5. The predicted molar refractivity (Wildman–Crippen MR) is 115 cm³/mol. The van der Waals surface area contributed by atoms with E-state index in [1.165, 1.54) is 19.4 Å². The second-order valence-corrected chi connectivity index (χ2v) is 8.61. The maximum absolute atomic E-state index is 6.05. The van der Waals surface area contributed by atoms with Crippen molar-refractivity contribution in [2.24, 2.45) is 5.92 Å². The monoisotopic (exact) mass is 419 g/mol. The van der Waals surface area contributed by atoms with Crippen LogP contribution in [0, 0.1) is 5.92 Å². The average molecular weight is 420 g/mol. The second-order valence-electron chi connectivity index (χ2n) is 7.84. The highest BCUT2D eigenvalue weighted by Crippen LogP contribution is 2.23. The van der Waals surface area contributed by atoms with E-state index in [1.807, 2.05) is 24.4 Å². The van der Waals surface area contributed by atoms with Crippen LogP contribution < -0.4 is 4.90 Å². The number of hydrogen-bond acceptors (Lipinski definition) is 5. The highest BCUT2D eigenvalue weighted by Gasteiger charge is 2.25. The maximum Gasteiger partial charge on any atom is 0.131 e. The Labute approximate surface area is 177 Å². The average Bonchev–Trinajstić information content (AvgIpc) is 2.69. The number of pyridine rings is 2. The topological polar surface area (TPSA) is 35.5 Å². The number of rotatable bonds is 5. The quantitative estimate of drug-likeness (QED) is 0.688. The minimum Gasteiger partial charge on any atom is -0.354 e. The molecule has 1 unspecified atom stereocenters. The summed E-state index contributed by atoms with van der Waals surface area (Å²) < 4.78 is 0. The van der Waals surface area contributed by atoms with Gasteiger partial charge in [0.15, 0.2) is 0 Å². The van der Waals surface area contributed by atoms with Crippen LogP contribution in [0.2, 0.25) is 10.3 Å². The van der Waals surface area contributed by atoms with Crippen molar-refractivity contribution < 1.29 is 0 Å². The Balaban J connectivity index is 1.26. The zero-order chi connectivity index (χ0) is 19.3. The SMILES string of the molecule is Clc1cc(CN2CCCC(CN3CCN(c4ccccn4)CC3)C2)cc(Cl)n1. The zero-order valence-corrected chi connectivity index (χ0v) is 17.6. The van der Waals surface area contributed by atoms with E-state index in [1.54, 1.807) is 0 Å². The molecular formula is C21H27Cl2N5. The molecule has 0 radical (unpaired) electrons. The Morgan fingerprint density at radius 3 is 2.46 bits per heavy atom. The summed E-state index contributed by atoms with van der Waals surface area (Å²) >= 11 is 12.1. The molecule has 0 amide bonds. The lowest BCUT2D eigenvalue weighted by Gasteiger charge is -2.39. The summed E-state index contributed by atoms with van der Waals surface area (Å²) in [4.78, 5) is 16.1. The van der Waals surface area contributed by atoms with Gasteiger partial charge in [0.2, 0.25) is 0 Å². The van der Waals surface area contributed by atoms with Crippen LogP contribution in [0.5, 0.6) is 0 Å². The van der Waals surface area contributed by atoms with Gasteiger partial charge >= 0.3 is 0 Å². The van der Waals surface area contributed by atoms with Gasteiger partial charge in [0, 0.05) is 52.0 Å². The van der Waals surface area contributed by atoms with Crippen LogP contribution in [0.15, 0.2) is 36.5 Å². The lowest BCUT2D eigenvalue weighted by atomic mass is 9.96. The van der Waals surface area contributed by atoms with E-state index in [4.69, 9.17) is 23.2 Å². The van der Waals surface area contributed by atoms with Gasteiger partial charge in [-0.2, -0.15) is 0 Å². The lowest BCUT2D eigenvalue weighted by molar-refractivity contribution is 0.124. The normalized spacial score (nSPS) is 21.8. The third-order valence-electron chi connectivity index (χ3n) is 5.69. The minimum atomic E-state index is 0.474. The molecule has 5 nitrogen and oxygen atoms in total. The van der Waals surface area contributed by atoms with E-state index >= 15 is 0 Å². The first-order valence-electron chi connectivity index (χ1n) is 10.1. The maximum atomic E-state index is 6.05. The molecule has 4 heterocycles. The van der Waals surface area contributed by atoms with Crippen molar-refractivity contribution >= 4 is 29.0 Å². The molecule has 0 aliphatic carbocycles. The van der Waals surface area contributed by atoms with Gasteiger partial charge in [-0.15, -0.1) is 0 Å². The van der Waals surface area contributed by atoms with Gasteiger partial charge in [-0.25, -0.2) is 9.97 Å². The zero-order valence-electron chi connectivity index (χ0n) is 16.1. The van der Waals surface area contributed by atoms with Crippen molar-refractivity contribution in [3.05, 3.63) is 52.4 Å². The van der Waals surface area contributed by atoms with Gasteiger partial charge in [0.05, 0.1) is 0 Å². The van der Waals surface area contributed by atoms with Crippen LogP contribution in [-0.4, -0.2) is 65.6 Å². The van der Waals surface area contributed by atoms with Crippen LogP contribution in [0.4, 0.5) is 5.82 Å². The standard InChI is InChI=1S/C21H27Cl2N5/c22-19-12-18(13-20(23)25-19)16-27-7-3-4-17(15-27)14-26-8-10-28(11-9-26)21-5-1-2-6-24-21/h1-2,5-6,12-13,17H,3-4,7-11,14-16H2. The van der Waals surface area contributed by atoms with Crippen molar-refractivity contribution in [3.8, 4) is 0 Å². The Bertz CT molecular complexity index is 744. The van der Waals surface area contributed by atoms with Gasteiger partial charge in [-0.1, -0.05) is 29.3 Å². The van der Waals surface area contributed by atoms with E-state index < -0.39 is 0 Å². The van der Waals surface area contributed by atoms with Crippen molar-refractivity contribution in [1.29, 1.82) is 0 Å². The van der Waals surface area contributed by atoms with Crippen LogP contribution in [0.1, 0.15) is 18.4 Å². The third kappa shape index (κ3) is 5.35. The van der Waals surface area contributed by atoms with Crippen molar-refractivity contribution in [2.45, 2.75) is 19.4 Å². The number of anilines is 1. The summed E-state index contributed by atoms with van der Waals surface area (Å²) in [5.74, 6) is 1.82. The summed E-state index contributed by atoms with van der Waals surface area (Å²) in [5.41, 5.74) is 1.15. The molecule has 2 saturated heterocycles. The van der Waals surface area contributed by atoms with Gasteiger partial charge in [-0.3, -0.25) is 9.80 Å². The fourth-order valence-electron chi connectivity index (χ4n) is 4.37. The molecule has 0 N–H and O–H groups in total. The number of aromatic nitrogens is 2. The Hall–Kier alpha value is -1.40. The molecule has 2 aliphatic heterocycles. The molecule has 2 aliphatic rings. The van der Waals surface area contributed by atoms with E-state index in [2.05, 4.69) is 36.8 Å². The van der Waals surface area contributed by atoms with E-state index in [0.717, 1.165) is 63.1 Å². The lowest BCUT2D eigenvalue weighted by Crippen LogP contribution is -2.49. The molecule has 1 atom stereocenters. The highest BCUT2D eigenvalue weighted by molar-refractivity contribution is 6.32. The number of piperidine rings is 1. The summed E-state index contributed by atoms with van der Waals surface area (Å²) in [7, 11) is 0. The largest absolute Gasteiger partial charge is 0.354 e. The molecule has 7 heteroatoms. The van der Waals surface area contributed by atoms with Gasteiger partial charge < -0.3 is 4.90 Å². The second kappa shape index (κ2) is 9.40. The van der Waals surface area contributed by atoms with Gasteiger partial charge in [0.25, 0.3) is 0 Å². The minimum absolute atomic E-state index is 0.474. The third-order valence-corrected chi connectivity index (χ3v) is 6.08. The first-order chi connectivity index (χ1) is 13.7. The summed E-state index contributed by atoms with van der Waals surface area (Å²) in [5, 5.41) is 0.948. The summed E-state index contributed by atoms with van der Waals surface area (Å²) in [6.07, 6.45) is 4.45. The van der Waals surface area contributed by atoms with Gasteiger partial charge in [0.1, 0.15) is 16.1 Å². The van der Waals surface area contributed by atoms with E-state index in [-0.39, 0.29) is 0 Å². The molecule has 0 spiro atoms. The first-order valence-corrected chi connectivity index (χ1v) is 10.8. The van der Waals surface area contributed by atoms with Crippen molar-refractivity contribution in [3.63, 3.8) is 0 Å². The summed E-state index contributed by atoms with van der Waals surface area (Å²) in [6.45, 7) is 8.70. The van der Waals surface area contributed by atoms with E-state index in [9.17, 15) is 0 Å². The molecule has 28 heavy (non-hydrogen) atoms. The predicted octanol–water partition coefficient (Wildman–Crippen LogP) is 3.82. The molecule has 2 aromatic heterocycles. The van der Waals surface area contributed by atoms with Crippen LogP contribution in [0.3, 0.4) is 0 Å².